The van der Waals surface area contributed by atoms with Crippen molar-refractivity contribution in [1.82, 2.24) is 33.2 Å². The Labute approximate surface area is 506 Å². The first-order chi connectivity index (χ1) is 43.6. The Kier molecular flexibility index (Phi) is 11.2. The minimum absolute atomic E-state index is 0.540. The van der Waals surface area contributed by atoms with E-state index in [1.54, 1.807) is 0 Å². The Morgan fingerprint density at radius 1 is 0.170 bits per heavy atom. The highest BCUT2D eigenvalue weighted by atomic mass is 15.2. The molecular formula is C81H51N7. The number of nitrogens with zero attached hydrogens (tertiary/aromatic N) is 7. The molecule has 0 atom stereocenters. The van der Waals surface area contributed by atoms with Gasteiger partial charge in [0.1, 0.15) is 0 Å². The Hall–Kier alpha value is -11.9. The zero-order valence-electron chi connectivity index (χ0n) is 47.6. The van der Waals surface area contributed by atoms with Crippen LogP contribution >= 0.6 is 0 Å². The molecule has 410 valence electrons. The van der Waals surface area contributed by atoms with E-state index in [2.05, 4.69) is 291 Å². The van der Waals surface area contributed by atoms with Gasteiger partial charge in [0.05, 0.1) is 44.1 Å². The third kappa shape index (κ3) is 7.88. The van der Waals surface area contributed by atoms with Gasteiger partial charge in [0.15, 0.2) is 11.6 Å². The van der Waals surface area contributed by atoms with Crippen LogP contribution in [0.25, 0.3) is 166 Å². The Bertz CT molecular complexity index is 5400. The Balaban J connectivity index is 0.905. The van der Waals surface area contributed by atoms with Crippen molar-refractivity contribution in [3.05, 3.63) is 309 Å². The maximum Gasteiger partial charge on any atom is 0.238 e. The van der Waals surface area contributed by atoms with Crippen LogP contribution in [0.4, 0.5) is 0 Å². The van der Waals surface area contributed by atoms with Crippen molar-refractivity contribution in [3.63, 3.8) is 0 Å². The van der Waals surface area contributed by atoms with Gasteiger partial charge in [-0.15, -0.1) is 0 Å². The molecule has 0 aliphatic heterocycles. The van der Waals surface area contributed by atoms with Crippen LogP contribution < -0.4 is 0 Å². The van der Waals surface area contributed by atoms with Gasteiger partial charge in [-0.25, -0.2) is 4.98 Å². The van der Waals surface area contributed by atoms with E-state index in [1.807, 2.05) is 36.4 Å². The molecule has 88 heavy (non-hydrogen) atoms. The molecule has 0 fully saturated rings. The van der Waals surface area contributed by atoms with Gasteiger partial charge >= 0.3 is 0 Å². The second kappa shape index (κ2) is 19.8. The number of rotatable bonds is 9. The number of aromatic nitrogens is 7. The van der Waals surface area contributed by atoms with Crippen molar-refractivity contribution >= 4 is 87.2 Å². The predicted octanol–water partition coefficient (Wildman–Crippen LogP) is 20.6. The predicted molar refractivity (Wildman–Crippen MR) is 364 cm³/mol. The van der Waals surface area contributed by atoms with Crippen LogP contribution in [-0.4, -0.2) is 33.2 Å². The maximum atomic E-state index is 5.36. The molecule has 5 heterocycles. The lowest BCUT2D eigenvalue weighted by Crippen LogP contribution is -2.06. The van der Waals surface area contributed by atoms with Gasteiger partial charge in [-0.05, 0) is 143 Å². The zero-order valence-corrected chi connectivity index (χ0v) is 47.6. The van der Waals surface area contributed by atoms with E-state index >= 15 is 0 Å². The molecule has 0 spiro atoms. The fourth-order valence-corrected chi connectivity index (χ4v) is 13.8. The molecule has 0 aliphatic carbocycles. The quantitative estimate of drug-likeness (QED) is 0.145. The summed E-state index contributed by atoms with van der Waals surface area (Å²) in [4.78, 5) is 15.9. The van der Waals surface area contributed by atoms with E-state index in [4.69, 9.17) is 15.0 Å². The van der Waals surface area contributed by atoms with Crippen molar-refractivity contribution < 1.29 is 0 Å². The SMILES string of the molecule is c1ccc(-c2cc(-c3ccccc3)cc(-c3ccc4c(c3)c3cc(-n5c6ccc(-n7c8ccccc8c8ccccc87)cc6c6cc(-n7c8ccccc8c8ccccc87)ccc65)ccc3n4-c3nc(-c4ccccc4)nc(-c4ccccc4)n3)c2)cc1. The van der Waals surface area contributed by atoms with Gasteiger partial charge in [0.2, 0.25) is 5.95 Å². The van der Waals surface area contributed by atoms with Crippen LogP contribution in [0.2, 0.25) is 0 Å². The van der Waals surface area contributed by atoms with Gasteiger partial charge in [-0.2, -0.15) is 9.97 Å². The first kappa shape index (κ1) is 49.5. The lowest BCUT2D eigenvalue weighted by atomic mass is 9.93. The number of benzene rings is 13. The lowest BCUT2D eigenvalue weighted by Gasteiger charge is -2.12. The van der Waals surface area contributed by atoms with E-state index in [0.717, 1.165) is 105 Å². The van der Waals surface area contributed by atoms with Crippen LogP contribution in [0.1, 0.15) is 0 Å². The molecule has 0 aliphatic rings. The minimum atomic E-state index is 0.540. The molecule has 13 aromatic carbocycles. The highest BCUT2D eigenvalue weighted by Gasteiger charge is 2.23. The summed E-state index contributed by atoms with van der Waals surface area (Å²) in [5, 5.41) is 9.38. The largest absolute Gasteiger partial charge is 0.309 e. The Morgan fingerprint density at radius 2 is 0.455 bits per heavy atom. The van der Waals surface area contributed by atoms with E-state index in [-0.39, 0.29) is 0 Å². The van der Waals surface area contributed by atoms with Gasteiger partial charge in [-0.1, -0.05) is 200 Å². The lowest BCUT2D eigenvalue weighted by molar-refractivity contribution is 0.953. The van der Waals surface area contributed by atoms with Crippen molar-refractivity contribution in [2.75, 3.05) is 0 Å². The first-order valence-electron chi connectivity index (χ1n) is 29.9. The third-order valence-electron chi connectivity index (χ3n) is 17.8. The molecule has 0 saturated heterocycles. The topological polar surface area (TPSA) is 58.4 Å². The molecule has 5 aromatic heterocycles. The summed E-state index contributed by atoms with van der Waals surface area (Å²) < 4.78 is 9.54. The van der Waals surface area contributed by atoms with Crippen LogP contribution in [0.15, 0.2) is 309 Å². The fourth-order valence-electron chi connectivity index (χ4n) is 13.8. The number of fused-ring (bicyclic) bond motifs is 12. The van der Waals surface area contributed by atoms with Gasteiger partial charge in [0, 0.05) is 71.3 Å². The summed E-state index contributed by atoms with van der Waals surface area (Å²) in [6.45, 7) is 0. The van der Waals surface area contributed by atoms with Crippen molar-refractivity contribution in [1.29, 1.82) is 0 Å². The van der Waals surface area contributed by atoms with E-state index in [9.17, 15) is 0 Å². The average molecular weight is 1120 g/mol. The summed E-state index contributed by atoms with van der Waals surface area (Å²) in [5.74, 6) is 1.74. The molecule has 18 aromatic rings. The van der Waals surface area contributed by atoms with Crippen molar-refractivity contribution in [2.45, 2.75) is 0 Å². The fraction of sp³-hybridized carbons (Fsp3) is 0. The monoisotopic (exact) mass is 1120 g/mol. The second-order valence-electron chi connectivity index (χ2n) is 22.8. The van der Waals surface area contributed by atoms with Gasteiger partial charge in [-0.3, -0.25) is 4.57 Å². The van der Waals surface area contributed by atoms with Gasteiger partial charge in [0.25, 0.3) is 0 Å². The average Bonchev–Trinajstić information content (AvgIpc) is 2.11. The molecule has 0 amide bonds. The number of hydrogen-bond donors (Lipinski definition) is 0. The normalized spacial score (nSPS) is 11.9. The van der Waals surface area contributed by atoms with E-state index in [1.165, 1.54) is 43.6 Å². The maximum absolute atomic E-state index is 5.36. The third-order valence-corrected chi connectivity index (χ3v) is 17.8. The summed E-state index contributed by atoms with van der Waals surface area (Å²) in [5.41, 5.74) is 20.8. The first-order valence-corrected chi connectivity index (χ1v) is 29.9. The van der Waals surface area contributed by atoms with Crippen LogP contribution in [0.5, 0.6) is 0 Å². The summed E-state index contributed by atoms with van der Waals surface area (Å²) in [7, 11) is 0. The summed E-state index contributed by atoms with van der Waals surface area (Å²) in [6.07, 6.45) is 0. The molecule has 7 nitrogen and oxygen atoms in total. The molecule has 18 rings (SSSR count). The molecule has 0 N–H and O–H groups in total. The van der Waals surface area contributed by atoms with Crippen molar-refractivity contribution in [3.8, 4) is 79.2 Å². The highest BCUT2D eigenvalue weighted by molar-refractivity contribution is 6.16. The van der Waals surface area contributed by atoms with Crippen LogP contribution in [-0.2, 0) is 0 Å². The molecule has 0 saturated carbocycles. The molecule has 0 bridgehead atoms. The molecule has 0 radical (unpaired) electrons. The second-order valence-corrected chi connectivity index (χ2v) is 22.8. The summed E-state index contributed by atoms with van der Waals surface area (Å²) >= 11 is 0. The molecule has 0 unspecified atom stereocenters. The van der Waals surface area contributed by atoms with Crippen LogP contribution in [0.3, 0.4) is 0 Å². The molecule has 7 heteroatoms. The number of hydrogen-bond acceptors (Lipinski definition) is 3. The zero-order chi connectivity index (χ0) is 57.8. The summed E-state index contributed by atoms with van der Waals surface area (Å²) in [6, 6.07) is 112. The molecular weight excluding hydrogens is 1070 g/mol. The standard InChI is InChI=1S/C81H51N7/c1-5-21-52(22-6-1)57-45-58(53-23-7-2-8-24-53)47-59(46-57)56-37-41-77-67(48-56)68-49-62(40-44-78(68)88(77)81-83-79(54-25-9-3-10-26-54)82-80(84-81)55-27-11-4-12-28-55)87-75-42-38-60(85-71-33-17-13-29-63(71)64-30-14-18-34-72(64)85)50-69(75)70-51-61(39-43-76(70)87)86-73-35-19-15-31-65(73)66-32-16-20-36-74(66)86/h1-51H. The van der Waals surface area contributed by atoms with E-state index < -0.39 is 0 Å². The highest BCUT2D eigenvalue weighted by Crippen LogP contribution is 2.43. The van der Waals surface area contributed by atoms with Gasteiger partial charge < -0.3 is 13.7 Å². The van der Waals surface area contributed by atoms with E-state index in [0.29, 0.717) is 17.6 Å². The smallest absolute Gasteiger partial charge is 0.238 e. The number of para-hydroxylation sites is 4. The van der Waals surface area contributed by atoms with Crippen LogP contribution in [0, 0.1) is 0 Å². The minimum Gasteiger partial charge on any atom is -0.309 e. The Morgan fingerprint density at radius 3 is 0.830 bits per heavy atom. The van der Waals surface area contributed by atoms with Crippen molar-refractivity contribution in [2.24, 2.45) is 0 Å².